The fourth-order valence-electron chi connectivity index (χ4n) is 7.77. The third-order valence-electron chi connectivity index (χ3n) is 9.19. The lowest BCUT2D eigenvalue weighted by molar-refractivity contribution is -0.155. The topological polar surface area (TPSA) is 106 Å². The predicted octanol–water partition coefficient (Wildman–Crippen LogP) is 6.29. The molecule has 1 fully saturated rings. The SMILES string of the molecule is CCOC(=O)[C@H]1CC(=O)CC[C@@]12N(C(=O)OC)c1ccccc1[C@@]2(C#N)CCO[Si](C(C)C)(C(C)C)C(C)C. The van der Waals surface area contributed by atoms with E-state index >= 15 is 0 Å². The molecule has 1 amide bonds. The fraction of sp³-hybridized carbons (Fsp3) is 0.667. The van der Waals surface area contributed by atoms with Gasteiger partial charge in [-0.15, -0.1) is 0 Å². The van der Waals surface area contributed by atoms with Crippen LogP contribution in [-0.2, 0) is 28.9 Å². The summed E-state index contributed by atoms with van der Waals surface area (Å²) in [6.07, 6.45) is -0.218. The highest BCUT2D eigenvalue weighted by molar-refractivity contribution is 6.77. The third kappa shape index (κ3) is 4.69. The lowest BCUT2D eigenvalue weighted by Gasteiger charge is -2.52. The van der Waals surface area contributed by atoms with Crippen LogP contribution in [-0.4, -0.2) is 52.0 Å². The van der Waals surface area contributed by atoms with Crippen molar-refractivity contribution >= 4 is 31.9 Å². The molecule has 8 nitrogen and oxygen atoms in total. The number of nitrogens with zero attached hydrogens (tertiary/aromatic N) is 2. The summed E-state index contributed by atoms with van der Waals surface area (Å²) >= 11 is 0. The molecule has 39 heavy (non-hydrogen) atoms. The van der Waals surface area contributed by atoms with Crippen molar-refractivity contribution in [3.05, 3.63) is 29.8 Å². The van der Waals surface area contributed by atoms with E-state index in [0.29, 0.717) is 34.5 Å². The molecule has 3 atom stereocenters. The van der Waals surface area contributed by atoms with Crippen molar-refractivity contribution in [1.82, 2.24) is 0 Å². The number of methoxy groups -OCH3 is 1. The number of para-hydroxylation sites is 1. The Kier molecular flexibility index (Phi) is 9.34. The first-order chi connectivity index (χ1) is 18.4. The summed E-state index contributed by atoms with van der Waals surface area (Å²) in [4.78, 5) is 41.3. The van der Waals surface area contributed by atoms with Crippen molar-refractivity contribution in [2.45, 2.75) is 102 Å². The number of benzene rings is 1. The first kappa shape index (κ1) is 30.8. The van der Waals surface area contributed by atoms with Gasteiger partial charge in [-0.05, 0) is 48.0 Å². The maximum absolute atomic E-state index is 13.5. The van der Waals surface area contributed by atoms with Gasteiger partial charge in [0.2, 0.25) is 0 Å². The fourth-order valence-corrected chi connectivity index (χ4v) is 13.2. The van der Waals surface area contributed by atoms with Gasteiger partial charge in [-0.1, -0.05) is 59.7 Å². The van der Waals surface area contributed by atoms with Gasteiger partial charge in [0.05, 0.1) is 36.9 Å². The minimum absolute atomic E-state index is 0.0895. The Labute approximate surface area is 234 Å². The van der Waals surface area contributed by atoms with Crippen LogP contribution in [0.1, 0.15) is 79.7 Å². The molecule has 1 aromatic rings. The predicted molar refractivity (Wildman–Crippen MR) is 152 cm³/mol. The van der Waals surface area contributed by atoms with E-state index < -0.39 is 37.3 Å². The monoisotopic (exact) mass is 556 g/mol. The van der Waals surface area contributed by atoms with Crippen LogP contribution >= 0.6 is 0 Å². The molecule has 0 N–H and O–H groups in total. The third-order valence-corrected chi connectivity index (χ3v) is 15.3. The Bertz CT molecular complexity index is 1110. The van der Waals surface area contributed by atoms with Gasteiger partial charge in [-0.25, -0.2) is 4.79 Å². The zero-order chi connectivity index (χ0) is 29.2. The molecule has 1 aliphatic heterocycles. The number of hydrogen-bond acceptors (Lipinski definition) is 7. The molecule has 1 aliphatic carbocycles. The molecule has 9 heteroatoms. The molecular formula is C30H44N2O6Si. The highest BCUT2D eigenvalue weighted by atomic mass is 28.4. The number of anilines is 1. The second-order valence-corrected chi connectivity index (χ2v) is 17.2. The van der Waals surface area contributed by atoms with E-state index in [9.17, 15) is 19.6 Å². The van der Waals surface area contributed by atoms with Gasteiger partial charge in [0.1, 0.15) is 11.2 Å². The van der Waals surface area contributed by atoms with E-state index in [-0.39, 0.29) is 38.1 Å². The number of Topliss-reactive ketones (excluding diaryl/α,β-unsaturated/α-hetero) is 1. The van der Waals surface area contributed by atoms with E-state index in [2.05, 4.69) is 47.6 Å². The molecule has 2 aliphatic rings. The van der Waals surface area contributed by atoms with E-state index in [1.54, 1.807) is 19.1 Å². The summed E-state index contributed by atoms with van der Waals surface area (Å²) in [6, 6.07) is 9.85. The highest BCUT2D eigenvalue weighted by Crippen LogP contribution is 2.61. The first-order valence-electron chi connectivity index (χ1n) is 14.1. The summed E-state index contributed by atoms with van der Waals surface area (Å²) in [5, 5.41) is 11.1. The number of nitriles is 1. The van der Waals surface area contributed by atoms with E-state index in [1.165, 1.54) is 12.0 Å². The molecule has 0 unspecified atom stereocenters. The van der Waals surface area contributed by atoms with Crippen LogP contribution in [0.3, 0.4) is 0 Å². The van der Waals surface area contributed by atoms with Crippen LogP contribution in [0.2, 0.25) is 16.6 Å². The van der Waals surface area contributed by atoms with Gasteiger partial charge in [0, 0.05) is 19.4 Å². The largest absolute Gasteiger partial charge is 0.466 e. The number of rotatable bonds is 9. The number of carbonyl (C=O) groups is 3. The van der Waals surface area contributed by atoms with Crippen LogP contribution in [0, 0.1) is 17.2 Å². The Hall–Kier alpha value is -2.70. The zero-order valence-electron chi connectivity index (χ0n) is 24.7. The standard InChI is InChI=1S/C30H44N2O6Si/c1-9-37-27(34)25-18-23(33)14-15-30(25)29(19-31,16-17-38-39(20(2)3,21(4)5)22(6)7)24-12-10-11-13-26(24)32(30)28(35)36-8/h10-13,20-22,25H,9,14-18H2,1-8H3/t25-,29+,30-/m1/s1. The Morgan fingerprint density at radius 3 is 2.28 bits per heavy atom. The minimum Gasteiger partial charge on any atom is -0.466 e. The zero-order valence-corrected chi connectivity index (χ0v) is 25.7. The van der Waals surface area contributed by atoms with Crippen LogP contribution in [0.5, 0.6) is 0 Å². The lowest BCUT2D eigenvalue weighted by atomic mass is 9.56. The second kappa shape index (κ2) is 11.8. The van der Waals surface area contributed by atoms with Gasteiger partial charge in [-0.2, -0.15) is 5.26 Å². The van der Waals surface area contributed by atoms with Gasteiger partial charge in [0.15, 0.2) is 8.32 Å². The van der Waals surface area contributed by atoms with Crippen LogP contribution in [0.25, 0.3) is 0 Å². The molecule has 0 aromatic heterocycles. The molecular weight excluding hydrogens is 512 g/mol. The normalized spacial score (nSPS) is 24.8. The Morgan fingerprint density at radius 2 is 1.74 bits per heavy atom. The average Bonchev–Trinajstić information content (AvgIpc) is 3.13. The number of ether oxygens (including phenoxy) is 2. The smallest absolute Gasteiger partial charge is 0.414 e. The molecule has 0 bridgehead atoms. The highest BCUT2D eigenvalue weighted by Gasteiger charge is 2.70. The van der Waals surface area contributed by atoms with Crippen molar-refractivity contribution in [2.24, 2.45) is 5.92 Å². The van der Waals surface area contributed by atoms with Crippen molar-refractivity contribution in [2.75, 3.05) is 25.2 Å². The Morgan fingerprint density at radius 1 is 1.13 bits per heavy atom. The van der Waals surface area contributed by atoms with Gasteiger partial charge < -0.3 is 13.9 Å². The molecule has 3 rings (SSSR count). The van der Waals surface area contributed by atoms with Crippen molar-refractivity contribution < 1.29 is 28.3 Å². The van der Waals surface area contributed by atoms with E-state index in [1.807, 2.05) is 12.1 Å². The van der Waals surface area contributed by atoms with Gasteiger partial charge in [0.25, 0.3) is 0 Å². The number of ketones is 1. The average molecular weight is 557 g/mol. The quantitative estimate of drug-likeness (QED) is 0.260. The van der Waals surface area contributed by atoms with Gasteiger partial charge in [-0.3, -0.25) is 14.5 Å². The lowest BCUT2D eigenvalue weighted by Crippen LogP contribution is -2.67. The van der Waals surface area contributed by atoms with Crippen molar-refractivity contribution in [1.29, 1.82) is 5.26 Å². The summed E-state index contributed by atoms with van der Waals surface area (Å²) in [5.41, 5.74) is -0.448. The van der Waals surface area contributed by atoms with Gasteiger partial charge >= 0.3 is 12.1 Å². The first-order valence-corrected chi connectivity index (χ1v) is 16.3. The van der Waals surface area contributed by atoms with Crippen LogP contribution in [0.4, 0.5) is 10.5 Å². The minimum atomic E-state index is -2.27. The number of fused-ring (bicyclic) bond motifs is 1. The molecule has 0 radical (unpaired) electrons. The molecule has 1 aromatic carbocycles. The van der Waals surface area contributed by atoms with Crippen molar-refractivity contribution in [3.63, 3.8) is 0 Å². The van der Waals surface area contributed by atoms with Crippen molar-refractivity contribution in [3.8, 4) is 6.07 Å². The molecule has 214 valence electrons. The summed E-state index contributed by atoms with van der Waals surface area (Å²) in [7, 11) is -0.979. The number of amides is 1. The van der Waals surface area contributed by atoms with Crippen LogP contribution in [0.15, 0.2) is 24.3 Å². The van der Waals surface area contributed by atoms with Crippen LogP contribution < -0.4 is 4.90 Å². The second-order valence-electron chi connectivity index (χ2n) is 11.7. The summed E-state index contributed by atoms with van der Waals surface area (Å²) < 4.78 is 17.6. The number of esters is 1. The number of carbonyl (C=O) groups excluding carboxylic acids is 3. The Balaban J connectivity index is 2.25. The molecule has 1 spiro atoms. The summed E-state index contributed by atoms with van der Waals surface area (Å²) in [5.74, 6) is -1.69. The van der Waals surface area contributed by atoms with E-state index in [4.69, 9.17) is 13.9 Å². The summed E-state index contributed by atoms with van der Waals surface area (Å²) in [6.45, 7) is 15.4. The van der Waals surface area contributed by atoms with E-state index in [0.717, 1.165) is 0 Å². The molecule has 0 saturated heterocycles. The number of hydrogen-bond donors (Lipinski definition) is 0. The molecule has 1 saturated carbocycles. The molecule has 1 heterocycles. The maximum atomic E-state index is 13.5. The maximum Gasteiger partial charge on any atom is 0.414 e.